The van der Waals surface area contributed by atoms with Crippen LogP contribution in [0.5, 0.6) is 0 Å². The van der Waals surface area contributed by atoms with Crippen LogP contribution < -0.4 is 5.32 Å². The second kappa shape index (κ2) is 5.54. The smallest absolute Gasteiger partial charge is 0.223 e. The number of piperidine rings is 1. The number of nitrogens with zero attached hydrogens (tertiary/aromatic N) is 1. The highest BCUT2D eigenvalue weighted by molar-refractivity contribution is 5.81. The fourth-order valence-corrected chi connectivity index (χ4v) is 4.34. The maximum atomic E-state index is 12.2. The van der Waals surface area contributed by atoms with Crippen LogP contribution in [0.2, 0.25) is 0 Å². The van der Waals surface area contributed by atoms with Crippen LogP contribution in [0.25, 0.3) is 0 Å². The number of nitrogens with one attached hydrogen (secondary N) is 1. The zero-order chi connectivity index (χ0) is 14.3. The number of hydrogen-bond donors (Lipinski definition) is 1. The third-order valence-corrected chi connectivity index (χ3v) is 6.42. The minimum absolute atomic E-state index is 0.253. The van der Waals surface area contributed by atoms with Crippen molar-refractivity contribution < 1.29 is 9.53 Å². The van der Waals surface area contributed by atoms with Crippen molar-refractivity contribution in [2.45, 2.75) is 63.5 Å². The molecule has 0 aromatic carbocycles. The molecule has 2 saturated heterocycles. The fraction of sp³-hybridized carbons (Fsp3) is 0.941. The molecule has 118 valence electrons. The topological polar surface area (TPSA) is 41.6 Å². The van der Waals surface area contributed by atoms with E-state index in [-0.39, 0.29) is 11.9 Å². The molecule has 0 bridgehead atoms. The Morgan fingerprint density at radius 1 is 1.10 bits per heavy atom. The van der Waals surface area contributed by atoms with E-state index < -0.39 is 0 Å². The van der Waals surface area contributed by atoms with Gasteiger partial charge in [0.1, 0.15) is 0 Å². The van der Waals surface area contributed by atoms with E-state index in [4.69, 9.17) is 4.74 Å². The largest absolute Gasteiger partial charge is 0.379 e. The zero-order valence-electron chi connectivity index (χ0n) is 13.0. The molecule has 1 atom stereocenters. The number of ether oxygens (including phenoxy) is 1. The Bertz CT molecular complexity index is 396. The van der Waals surface area contributed by atoms with Gasteiger partial charge in [-0.15, -0.1) is 0 Å². The van der Waals surface area contributed by atoms with E-state index in [1.807, 2.05) is 0 Å². The van der Waals surface area contributed by atoms with Crippen LogP contribution in [0.1, 0.15) is 51.4 Å². The summed E-state index contributed by atoms with van der Waals surface area (Å²) < 4.78 is 5.69. The van der Waals surface area contributed by atoms with Gasteiger partial charge in [-0.25, -0.2) is 0 Å². The Balaban J connectivity index is 1.39. The first-order chi connectivity index (χ1) is 10.3. The third-order valence-electron chi connectivity index (χ3n) is 6.42. The highest BCUT2D eigenvalue weighted by Crippen LogP contribution is 2.43. The summed E-state index contributed by atoms with van der Waals surface area (Å²) in [6.07, 6.45) is 9.99. The van der Waals surface area contributed by atoms with Gasteiger partial charge in [0, 0.05) is 18.6 Å². The molecule has 4 nitrogen and oxygen atoms in total. The highest BCUT2D eigenvalue weighted by atomic mass is 16.5. The van der Waals surface area contributed by atoms with Gasteiger partial charge in [-0.05, 0) is 63.5 Å². The molecule has 1 amide bonds. The molecule has 1 N–H and O–H groups in total. The van der Waals surface area contributed by atoms with Gasteiger partial charge in [-0.2, -0.15) is 0 Å². The predicted octanol–water partition coefficient (Wildman–Crippen LogP) is 1.94. The lowest BCUT2D eigenvalue weighted by Gasteiger charge is -2.51. The number of carbonyl (C=O) groups excluding carboxylic acids is 1. The molecule has 0 aromatic heterocycles. The molecule has 0 radical (unpaired) electrons. The average Bonchev–Trinajstić information content (AvgIpc) is 3.27. The average molecular weight is 292 g/mol. The number of carbonyl (C=O) groups is 1. The Morgan fingerprint density at radius 3 is 2.48 bits per heavy atom. The number of hydrogen-bond acceptors (Lipinski definition) is 3. The maximum Gasteiger partial charge on any atom is 0.223 e. The van der Waals surface area contributed by atoms with Crippen molar-refractivity contribution in [2.75, 3.05) is 26.3 Å². The van der Waals surface area contributed by atoms with Gasteiger partial charge in [0.05, 0.1) is 12.6 Å². The van der Waals surface area contributed by atoms with E-state index in [9.17, 15) is 4.79 Å². The molecule has 2 saturated carbocycles. The fourth-order valence-electron chi connectivity index (χ4n) is 4.34. The van der Waals surface area contributed by atoms with Crippen molar-refractivity contribution in [1.82, 2.24) is 10.2 Å². The summed E-state index contributed by atoms with van der Waals surface area (Å²) in [6, 6.07) is 1.12. The molecular formula is C17H28N2O2. The quantitative estimate of drug-likeness (QED) is 0.864. The van der Waals surface area contributed by atoms with Crippen molar-refractivity contribution >= 4 is 5.91 Å². The van der Waals surface area contributed by atoms with Gasteiger partial charge >= 0.3 is 0 Å². The first-order valence-corrected chi connectivity index (χ1v) is 8.89. The van der Waals surface area contributed by atoms with Crippen LogP contribution in [0.3, 0.4) is 0 Å². The van der Waals surface area contributed by atoms with Crippen molar-refractivity contribution in [3.63, 3.8) is 0 Å². The lowest BCUT2D eigenvalue weighted by Crippen LogP contribution is -2.59. The van der Waals surface area contributed by atoms with Crippen molar-refractivity contribution in [3.05, 3.63) is 0 Å². The molecule has 2 heterocycles. The van der Waals surface area contributed by atoms with E-state index in [0.29, 0.717) is 11.3 Å². The van der Waals surface area contributed by atoms with Crippen molar-refractivity contribution in [2.24, 2.45) is 11.3 Å². The second-order valence-electron chi connectivity index (χ2n) is 7.64. The zero-order valence-corrected chi connectivity index (χ0v) is 13.0. The van der Waals surface area contributed by atoms with Gasteiger partial charge in [0.25, 0.3) is 0 Å². The second-order valence-corrected chi connectivity index (χ2v) is 7.64. The summed E-state index contributed by atoms with van der Waals surface area (Å²) in [5, 5.41) is 3.33. The van der Waals surface area contributed by atoms with E-state index in [1.165, 1.54) is 45.2 Å². The Kier molecular flexibility index (Phi) is 3.70. The van der Waals surface area contributed by atoms with Crippen molar-refractivity contribution in [3.8, 4) is 0 Å². The van der Waals surface area contributed by atoms with E-state index in [0.717, 1.165) is 38.5 Å². The lowest BCUT2D eigenvalue weighted by molar-refractivity contribution is -0.128. The normalized spacial score (nSPS) is 33.6. The number of likely N-dealkylation sites (tertiary alicyclic amines) is 1. The lowest BCUT2D eigenvalue weighted by atomic mass is 9.68. The monoisotopic (exact) mass is 292 g/mol. The minimum atomic E-state index is 0.253. The predicted molar refractivity (Wildman–Crippen MR) is 81.0 cm³/mol. The van der Waals surface area contributed by atoms with Crippen molar-refractivity contribution in [1.29, 1.82) is 0 Å². The molecule has 4 fully saturated rings. The molecule has 4 heteroatoms. The Labute approximate surface area is 127 Å². The van der Waals surface area contributed by atoms with Gasteiger partial charge in [-0.3, -0.25) is 4.79 Å². The summed E-state index contributed by atoms with van der Waals surface area (Å²) in [7, 11) is 0. The molecule has 0 aromatic rings. The van der Waals surface area contributed by atoms with E-state index >= 15 is 0 Å². The molecule has 21 heavy (non-hydrogen) atoms. The van der Waals surface area contributed by atoms with Gasteiger partial charge in [0.15, 0.2) is 0 Å². The summed E-state index contributed by atoms with van der Waals surface area (Å²) >= 11 is 0. The minimum Gasteiger partial charge on any atom is -0.379 e. The van der Waals surface area contributed by atoms with Crippen LogP contribution in [0.4, 0.5) is 0 Å². The van der Waals surface area contributed by atoms with Crippen LogP contribution in [0, 0.1) is 11.3 Å². The van der Waals surface area contributed by atoms with Gasteiger partial charge in [0.2, 0.25) is 5.91 Å². The van der Waals surface area contributed by atoms with E-state index in [1.54, 1.807) is 0 Å². The third kappa shape index (κ3) is 2.72. The Morgan fingerprint density at radius 2 is 1.86 bits per heavy atom. The molecule has 1 spiro atoms. The van der Waals surface area contributed by atoms with Gasteiger partial charge in [-0.1, -0.05) is 6.42 Å². The van der Waals surface area contributed by atoms with Crippen LogP contribution in [-0.4, -0.2) is 49.2 Å². The molecule has 0 unspecified atom stereocenters. The number of rotatable bonds is 3. The summed E-state index contributed by atoms with van der Waals surface area (Å²) in [6.45, 7) is 4.04. The van der Waals surface area contributed by atoms with Crippen LogP contribution in [-0.2, 0) is 9.53 Å². The molecular weight excluding hydrogens is 264 g/mol. The SMILES string of the molecule is O=C(N[C@@H]1COCCC12CCN(C1CCC1)CC2)C1CC1. The first kappa shape index (κ1) is 14.0. The Hall–Kier alpha value is -0.610. The van der Waals surface area contributed by atoms with Crippen LogP contribution in [0.15, 0.2) is 0 Å². The highest BCUT2D eigenvalue weighted by Gasteiger charge is 2.46. The molecule has 2 aliphatic carbocycles. The molecule has 4 aliphatic rings. The maximum absolute atomic E-state index is 12.2. The first-order valence-electron chi connectivity index (χ1n) is 8.89. The summed E-state index contributed by atoms with van der Waals surface area (Å²) in [5.74, 6) is 0.588. The summed E-state index contributed by atoms with van der Waals surface area (Å²) in [4.78, 5) is 14.8. The standard InChI is InChI=1S/C17H28N2O2/c20-16(13-4-5-13)18-15-12-21-11-8-17(15)6-9-19(10-7-17)14-2-1-3-14/h13-15H,1-12H2,(H,18,20)/t15-/m1/s1. The van der Waals surface area contributed by atoms with Gasteiger partial charge < -0.3 is 15.0 Å². The molecule has 4 rings (SSSR count). The summed E-state index contributed by atoms with van der Waals surface area (Å²) in [5.41, 5.74) is 0.309. The molecule has 2 aliphatic heterocycles. The van der Waals surface area contributed by atoms with E-state index in [2.05, 4.69) is 10.2 Å². The van der Waals surface area contributed by atoms with Crippen LogP contribution >= 0.6 is 0 Å². The number of amides is 1.